The normalized spacial score (nSPS) is 10.0. The molecule has 0 aliphatic heterocycles. The molecule has 5 heteroatoms. The Kier molecular flexibility index (Phi) is 5.34. The summed E-state index contributed by atoms with van der Waals surface area (Å²) in [5.41, 5.74) is 1.89. The third-order valence-corrected chi connectivity index (χ3v) is 3.08. The van der Waals surface area contributed by atoms with Crippen LogP contribution in [-0.4, -0.2) is 25.7 Å². The smallest absolute Gasteiger partial charge is 0.338 e. The maximum absolute atomic E-state index is 11.7. The molecular weight excluding hydrogens is 300 g/mol. The summed E-state index contributed by atoms with van der Waals surface area (Å²) in [6.07, 6.45) is 0.0408. The highest BCUT2D eigenvalue weighted by Crippen LogP contribution is 2.24. The Bertz CT molecular complexity index is 468. The third-order valence-electron chi connectivity index (χ3n) is 2.37. The van der Waals surface area contributed by atoms with Crippen LogP contribution in [0.1, 0.15) is 28.4 Å². The van der Waals surface area contributed by atoms with E-state index in [-0.39, 0.29) is 12.4 Å². The molecule has 0 spiro atoms. The molecule has 0 fully saturated rings. The van der Waals surface area contributed by atoms with Crippen molar-refractivity contribution in [3.63, 3.8) is 0 Å². The Labute approximate surface area is 114 Å². The average Bonchev–Trinajstić information content (AvgIpc) is 2.31. The van der Waals surface area contributed by atoms with E-state index in [1.807, 2.05) is 13.0 Å². The first-order valence-corrected chi connectivity index (χ1v) is 6.31. The van der Waals surface area contributed by atoms with Crippen LogP contribution in [0.5, 0.6) is 0 Å². The molecule has 0 heterocycles. The minimum Gasteiger partial charge on any atom is -0.466 e. The molecule has 0 atom stereocenters. The molecule has 1 aromatic rings. The van der Waals surface area contributed by atoms with Crippen molar-refractivity contribution in [3.05, 3.63) is 33.3 Å². The van der Waals surface area contributed by atoms with Crippen LogP contribution in [0, 0.1) is 6.92 Å². The molecule has 1 aromatic carbocycles. The Balaban J connectivity index is 3.15. The summed E-state index contributed by atoms with van der Waals surface area (Å²) in [5.74, 6) is -0.828. The van der Waals surface area contributed by atoms with Crippen LogP contribution in [0.4, 0.5) is 0 Å². The van der Waals surface area contributed by atoms with Crippen molar-refractivity contribution < 1.29 is 19.1 Å². The van der Waals surface area contributed by atoms with Gasteiger partial charge in [0.1, 0.15) is 0 Å². The molecule has 0 radical (unpaired) electrons. The van der Waals surface area contributed by atoms with Gasteiger partial charge in [-0.2, -0.15) is 0 Å². The van der Waals surface area contributed by atoms with E-state index in [4.69, 9.17) is 9.47 Å². The molecule has 0 amide bonds. The van der Waals surface area contributed by atoms with Gasteiger partial charge in [-0.05, 0) is 37.1 Å². The summed E-state index contributed by atoms with van der Waals surface area (Å²) in [6, 6.07) is 3.55. The number of benzene rings is 1. The zero-order chi connectivity index (χ0) is 13.7. The first-order chi connectivity index (χ1) is 8.49. The van der Waals surface area contributed by atoms with Gasteiger partial charge in [-0.25, -0.2) is 4.79 Å². The van der Waals surface area contributed by atoms with E-state index in [2.05, 4.69) is 15.9 Å². The van der Waals surface area contributed by atoms with Gasteiger partial charge in [-0.1, -0.05) is 15.9 Å². The van der Waals surface area contributed by atoms with Crippen LogP contribution >= 0.6 is 15.9 Å². The lowest BCUT2D eigenvalue weighted by molar-refractivity contribution is -0.142. The summed E-state index contributed by atoms with van der Waals surface area (Å²) < 4.78 is 10.3. The van der Waals surface area contributed by atoms with E-state index in [9.17, 15) is 9.59 Å². The molecular formula is C13H15BrO4. The Hall–Kier alpha value is -1.36. The van der Waals surface area contributed by atoms with Gasteiger partial charge >= 0.3 is 11.9 Å². The minimum absolute atomic E-state index is 0.0408. The number of carbonyl (C=O) groups excluding carboxylic acids is 2. The molecule has 0 saturated heterocycles. The van der Waals surface area contributed by atoms with E-state index in [1.165, 1.54) is 7.11 Å². The Morgan fingerprint density at radius 2 is 2.00 bits per heavy atom. The molecule has 1 rings (SSSR count). The molecule has 0 aromatic heterocycles. The van der Waals surface area contributed by atoms with Gasteiger partial charge in [0.25, 0.3) is 0 Å². The number of esters is 2. The largest absolute Gasteiger partial charge is 0.466 e. The molecule has 0 aliphatic rings. The molecule has 98 valence electrons. The topological polar surface area (TPSA) is 52.6 Å². The van der Waals surface area contributed by atoms with E-state index < -0.39 is 5.97 Å². The van der Waals surface area contributed by atoms with E-state index in [0.717, 1.165) is 5.56 Å². The first kappa shape index (κ1) is 14.7. The van der Waals surface area contributed by atoms with Crippen molar-refractivity contribution in [2.75, 3.05) is 13.7 Å². The second kappa shape index (κ2) is 6.54. The van der Waals surface area contributed by atoms with Gasteiger partial charge in [0.05, 0.1) is 25.7 Å². The van der Waals surface area contributed by atoms with E-state index >= 15 is 0 Å². The maximum Gasteiger partial charge on any atom is 0.338 e. The fraction of sp³-hybridized carbons (Fsp3) is 0.385. The second-order valence-electron chi connectivity index (χ2n) is 3.75. The number of aryl methyl sites for hydroxylation is 1. The van der Waals surface area contributed by atoms with Crippen molar-refractivity contribution in [2.24, 2.45) is 0 Å². The highest BCUT2D eigenvalue weighted by Gasteiger charge is 2.18. The van der Waals surface area contributed by atoms with Gasteiger partial charge in [-0.3, -0.25) is 4.79 Å². The summed E-state index contributed by atoms with van der Waals surface area (Å²) in [6.45, 7) is 3.92. The molecule has 0 bridgehead atoms. The van der Waals surface area contributed by atoms with Crippen molar-refractivity contribution in [1.82, 2.24) is 0 Å². The molecule has 0 unspecified atom stereocenters. The van der Waals surface area contributed by atoms with Crippen LogP contribution in [0.15, 0.2) is 16.6 Å². The van der Waals surface area contributed by atoms with Crippen molar-refractivity contribution in [2.45, 2.75) is 20.3 Å². The van der Waals surface area contributed by atoms with Gasteiger partial charge in [0.2, 0.25) is 0 Å². The number of carbonyl (C=O) groups is 2. The number of hydrogen-bond donors (Lipinski definition) is 0. The minimum atomic E-state index is -0.460. The van der Waals surface area contributed by atoms with Crippen molar-refractivity contribution in [3.8, 4) is 0 Å². The highest BCUT2D eigenvalue weighted by molar-refractivity contribution is 9.10. The summed E-state index contributed by atoms with van der Waals surface area (Å²) >= 11 is 3.36. The number of halogens is 1. The fourth-order valence-electron chi connectivity index (χ4n) is 1.60. The zero-order valence-corrected chi connectivity index (χ0v) is 12.2. The zero-order valence-electron chi connectivity index (χ0n) is 10.6. The lowest BCUT2D eigenvalue weighted by atomic mass is 10.0. The van der Waals surface area contributed by atoms with Gasteiger partial charge in [-0.15, -0.1) is 0 Å². The van der Waals surface area contributed by atoms with Gasteiger partial charge < -0.3 is 9.47 Å². The lowest BCUT2D eigenvalue weighted by Gasteiger charge is -2.11. The summed E-state index contributed by atoms with van der Waals surface area (Å²) in [5, 5.41) is 0. The van der Waals surface area contributed by atoms with Gasteiger partial charge in [0.15, 0.2) is 0 Å². The Morgan fingerprint density at radius 1 is 1.33 bits per heavy atom. The van der Waals surface area contributed by atoms with Gasteiger partial charge in [0, 0.05) is 4.47 Å². The standard InChI is InChI=1S/C13H15BrO4/c1-4-18-12(15)7-9-10(13(16)17-3)5-8(2)6-11(9)14/h5-6H,4,7H2,1-3H3. The van der Waals surface area contributed by atoms with Crippen LogP contribution < -0.4 is 0 Å². The van der Waals surface area contributed by atoms with Crippen LogP contribution in [0.25, 0.3) is 0 Å². The first-order valence-electron chi connectivity index (χ1n) is 5.52. The summed E-state index contributed by atoms with van der Waals surface area (Å²) in [7, 11) is 1.31. The fourth-order valence-corrected chi connectivity index (χ4v) is 2.32. The second-order valence-corrected chi connectivity index (χ2v) is 4.60. The van der Waals surface area contributed by atoms with Crippen molar-refractivity contribution >= 4 is 27.9 Å². The third kappa shape index (κ3) is 3.57. The van der Waals surface area contributed by atoms with Crippen LogP contribution in [-0.2, 0) is 20.7 Å². The van der Waals surface area contributed by atoms with Crippen molar-refractivity contribution in [1.29, 1.82) is 0 Å². The van der Waals surface area contributed by atoms with E-state index in [0.29, 0.717) is 22.2 Å². The quantitative estimate of drug-likeness (QED) is 0.802. The lowest BCUT2D eigenvalue weighted by Crippen LogP contribution is -2.13. The molecule has 0 N–H and O–H groups in total. The highest BCUT2D eigenvalue weighted by atomic mass is 79.9. The Morgan fingerprint density at radius 3 is 2.56 bits per heavy atom. The van der Waals surface area contributed by atoms with E-state index in [1.54, 1.807) is 13.0 Å². The van der Waals surface area contributed by atoms with Crippen LogP contribution in [0.2, 0.25) is 0 Å². The predicted molar refractivity (Wildman–Crippen MR) is 70.6 cm³/mol. The molecule has 4 nitrogen and oxygen atoms in total. The average molecular weight is 315 g/mol. The molecule has 0 aliphatic carbocycles. The monoisotopic (exact) mass is 314 g/mol. The molecule has 0 saturated carbocycles. The molecule has 18 heavy (non-hydrogen) atoms. The number of methoxy groups -OCH3 is 1. The maximum atomic E-state index is 11.7. The number of ether oxygens (including phenoxy) is 2. The predicted octanol–water partition coefficient (Wildman–Crippen LogP) is 2.65. The number of hydrogen-bond acceptors (Lipinski definition) is 4. The SMILES string of the molecule is CCOC(=O)Cc1c(Br)cc(C)cc1C(=O)OC. The summed E-state index contributed by atoms with van der Waals surface area (Å²) in [4.78, 5) is 23.2. The van der Waals surface area contributed by atoms with Crippen LogP contribution in [0.3, 0.4) is 0 Å². The number of rotatable bonds is 4.